The highest BCUT2D eigenvalue weighted by Crippen LogP contribution is 2.23. The van der Waals surface area contributed by atoms with Gasteiger partial charge in [0.1, 0.15) is 12.4 Å². The van der Waals surface area contributed by atoms with Gasteiger partial charge in [-0.3, -0.25) is 20.4 Å². The van der Waals surface area contributed by atoms with Gasteiger partial charge >= 0.3 is 0 Å². The maximum absolute atomic E-state index is 12.4. The third-order valence-electron chi connectivity index (χ3n) is 4.94. The number of aromatic nitrogens is 3. The fourth-order valence-corrected chi connectivity index (χ4v) is 4.24. The molecule has 158 valence electrons. The average Bonchev–Trinajstić information content (AvgIpc) is 3.14. The van der Waals surface area contributed by atoms with Crippen molar-refractivity contribution in [2.24, 2.45) is 0 Å². The second-order valence-corrected chi connectivity index (χ2v) is 8.13. The normalized spacial score (nSPS) is 11.0. The van der Waals surface area contributed by atoms with Crippen molar-refractivity contribution in [2.45, 2.75) is 31.8 Å². The minimum absolute atomic E-state index is 0.0858. The van der Waals surface area contributed by atoms with Crippen molar-refractivity contribution >= 4 is 45.5 Å². The molecule has 0 spiro atoms. The summed E-state index contributed by atoms with van der Waals surface area (Å²) < 4.78 is 1.87. The number of carbonyl (C=O) groups excluding carboxylic acids is 2. The van der Waals surface area contributed by atoms with Gasteiger partial charge in [-0.2, -0.15) is 0 Å². The molecule has 0 saturated heterocycles. The fourth-order valence-electron chi connectivity index (χ4n) is 3.46. The number of pyridine rings is 1. The summed E-state index contributed by atoms with van der Waals surface area (Å²) in [6.45, 7) is 4.11. The van der Waals surface area contributed by atoms with Gasteiger partial charge in [0.15, 0.2) is 0 Å². The van der Waals surface area contributed by atoms with E-state index in [2.05, 4.69) is 20.8 Å². The smallest absolute Gasteiger partial charge is 0.258 e. The average molecular weight is 434 g/mol. The Morgan fingerprint density at radius 2 is 1.68 bits per heavy atom. The number of nitrogens with zero attached hydrogens (tertiary/aromatic N) is 3. The Bertz CT molecular complexity index is 1270. The molecule has 0 atom stereocenters. The molecule has 8 heteroatoms. The molecule has 2 N–H and O–H groups in total. The second-order valence-electron chi connectivity index (χ2n) is 7.14. The summed E-state index contributed by atoms with van der Waals surface area (Å²) >= 11 is 1.33. The Morgan fingerprint density at radius 3 is 2.48 bits per heavy atom. The molecule has 0 bridgehead atoms. The zero-order chi connectivity index (χ0) is 21.8. The predicted molar refractivity (Wildman–Crippen MR) is 123 cm³/mol. The van der Waals surface area contributed by atoms with E-state index in [9.17, 15) is 9.59 Å². The minimum atomic E-state index is -0.309. The molecule has 4 aromatic rings. The first-order valence-electron chi connectivity index (χ1n) is 10.1. The molecule has 4 rings (SSSR count). The lowest BCUT2D eigenvalue weighted by molar-refractivity contribution is -0.128. The summed E-state index contributed by atoms with van der Waals surface area (Å²) in [5.74, 6) is 0.378. The van der Waals surface area contributed by atoms with Crippen LogP contribution in [-0.2, 0) is 22.6 Å². The largest absolute Gasteiger partial charge is 0.318 e. The second kappa shape index (κ2) is 9.18. The molecule has 0 saturated carbocycles. The van der Waals surface area contributed by atoms with Crippen molar-refractivity contribution < 1.29 is 9.59 Å². The number of carbonyl (C=O) groups is 2. The number of para-hydroxylation sites is 3. The van der Waals surface area contributed by atoms with E-state index in [4.69, 9.17) is 0 Å². The Labute approximate surface area is 184 Å². The maximum atomic E-state index is 12.4. The van der Waals surface area contributed by atoms with Gasteiger partial charge in [0, 0.05) is 11.8 Å². The van der Waals surface area contributed by atoms with Gasteiger partial charge in [0.25, 0.3) is 5.91 Å². The number of thioether (sulfide) groups is 1. The van der Waals surface area contributed by atoms with Crippen molar-refractivity contribution in [1.29, 1.82) is 0 Å². The van der Waals surface area contributed by atoms with E-state index in [1.807, 2.05) is 73.0 Å². The number of nitrogens with one attached hydrogen (secondary N) is 2. The Balaban J connectivity index is 1.33. The zero-order valence-corrected chi connectivity index (χ0v) is 18.2. The van der Waals surface area contributed by atoms with E-state index in [-0.39, 0.29) is 24.1 Å². The summed E-state index contributed by atoms with van der Waals surface area (Å²) in [5, 5.41) is 1.87. The molecular weight excluding hydrogens is 410 g/mol. The van der Waals surface area contributed by atoms with Crippen molar-refractivity contribution in [2.75, 3.05) is 5.75 Å². The molecule has 7 nitrogen and oxygen atoms in total. The quantitative estimate of drug-likeness (QED) is 0.359. The molecule has 2 amide bonds. The van der Waals surface area contributed by atoms with Crippen LogP contribution in [0.1, 0.15) is 18.3 Å². The van der Waals surface area contributed by atoms with E-state index < -0.39 is 0 Å². The Morgan fingerprint density at radius 1 is 0.968 bits per heavy atom. The first kappa shape index (κ1) is 20.9. The van der Waals surface area contributed by atoms with Crippen LogP contribution in [0, 0.1) is 6.92 Å². The number of amides is 2. The lowest BCUT2D eigenvalue weighted by Gasteiger charge is -2.10. The molecule has 31 heavy (non-hydrogen) atoms. The summed E-state index contributed by atoms with van der Waals surface area (Å²) in [6.07, 6.45) is 0.711. The minimum Gasteiger partial charge on any atom is -0.318 e. The monoisotopic (exact) mass is 433 g/mol. The van der Waals surface area contributed by atoms with Crippen molar-refractivity contribution in [3.8, 4) is 0 Å². The molecule has 0 aliphatic heterocycles. The number of imidazole rings is 1. The highest BCUT2D eigenvalue weighted by molar-refractivity contribution is 7.99. The maximum Gasteiger partial charge on any atom is 0.258 e. The van der Waals surface area contributed by atoms with Crippen LogP contribution in [0.5, 0.6) is 0 Å². The van der Waals surface area contributed by atoms with E-state index in [1.165, 1.54) is 11.8 Å². The van der Waals surface area contributed by atoms with Crippen LogP contribution in [-0.4, -0.2) is 32.1 Å². The summed E-state index contributed by atoms with van der Waals surface area (Å²) in [7, 11) is 0. The summed E-state index contributed by atoms with van der Waals surface area (Å²) in [6, 6.07) is 17.6. The van der Waals surface area contributed by atoms with Crippen LogP contribution in [0.4, 0.5) is 0 Å². The Hall–Kier alpha value is -3.39. The predicted octanol–water partition coefficient (Wildman–Crippen LogP) is 3.40. The highest BCUT2D eigenvalue weighted by Gasteiger charge is 2.13. The number of rotatable bonds is 6. The first-order valence-corrected chi connectivity index (χ1v) is 11.0. The van der Waals surface area contributed by atoms with E-state index in [0.29, 0.717) is 6.42 Å². The third kappa shape index (κ3) is 4.69. The molecule has 2 heterocycles. The standard InChI is InChI=1S/C23H23N5O2S/c1-3-20-24-18-10-6-7-11-19(18)28(20)13-21(29)26-27-22(30)14-31-23-12-15(2)16-8-4-5-9-17(16)25-23/h4-12H,3,13-14H2,1-2H3,(H,26,29)(H,27,30). The first-order chi connectivity index (χ1) is 15.0. The molecule has 0 fully saturated rings. The van der Waals surface area contributed by atoms with Gasteiger partial charge < -0.3 is 4.57 Å². The van der Waals surface area contributed by atoms with E-state index in [0.717, 1.165) is 38.4 Å². The highest BCUT2D eigenvalue weighted by atomic mass is 32.2. The Kier molecular flexibility index (Phi) is 6.18. The van der Waals surface area contributed by atoms with Gasteiger partial charge in [-0.1, -0.05) is 49.0 Å². The SMILES string of the molecule is CCc1nc2ccccc2n1CC(=O)NNC(=O)CSc1cc(C)c2ccccc2n1. The van der Waals surface area contributed by atoms with Gasteiger partial charge in [-0.05, 0) is 36.8 Å². The molecule has 0 radical (unpaired) electrons. The van der Waals surface area contributed by atoms with Crippen molar-refractivity contribution in [3.63, 3.8) is 0 Å². The van der Waals surface area contributed by atoms with Crippen LogP contribution in [0.15, 0.2) is 59.6 Å². The zero-order valence-electron chi connectivity index (χ0n) is 17.4. The van der Waals surface area contributed by atoms with Gasteiger partial charge in [0.05, 0.1) is 27.3 Å². The van der Waals surface area contributed by atoms with E-state index in [1.54, 1.807) is 0 Å². The van der Waals surface area contributed by atoms with E-state index >= 15 is 0 Å². The van der Waals surface area contributed by atoms with Gasteiger partial charge in [-0.25, -0.2) is 9.97 Å². The van der Waals surface area contributed by atoms with Gasteiger partial charge in [0.2, 0.25) is 5.91 Å². The van der Waals surface area contributed by atoms with Crippen LogP contribution in [0.2, 0.25) is 0 Å². The number of fused-ring (bicyclic) bond motifs is 2. The lowest BCUT2D eigenvalue weighted by Crippen LogP contribution is -2.44. The topological polar surface area (TPSA) is 88.9 Å². The number of hydrazine groups is 1. The van der Waals surface area contributed by atoms with Gasteiger partial charge in [-0.15, -0.1) is 0 Å². The molecule has 2 aromatic heterocycles. The van der Waals surface area contributed by atoms with Crippen molar-refractivity contribution in [3.05, 3.63) is 66.0 Å². The third-order valence-corrected chi connectivity index (χ3v) is 5.85. The van der Waals surface area contributed by atoms with Crippen LogP contribution >= 0.6 is 11.8 Å². The van der Waals surface area contributed by atoms with Crippen LogP contribution < -0.4 is 10.9 Å². The number of benzene rings is 2. The number of aryl methyl sites for hydroxylation is 2. The molecule has 0 aliphatic carbocycles. The molecule has 0 aliphatic rings. The molecule has 2 aromatic carbocycles. The molecular formula is C23H23N5O2S. The molecule has 0 unspecified atom stereocenters. The van der Waals surface area contributed by atoms with Crippen LogP contribution in [0.25, 0.3) is 21.9 Å². The van der Waals surface area contributed by atoms with Crippen molar-refractivity contribution in [1.82, 2.24) is 25.4 Å². The lowest BCUT2D eigenvalue weighted by atomic mass is 10.1. The summed E-state index contributed by atoms with van der Waals surface area (Å²) in [4.78, 5) is 33.8. The fraction of sp³-hybridized carbons (Fsp3) is 0.217. The summed E-state index contributed by atoms with van der Waals surface area (Å²) in [5.41, 5.74) is 8.74. The number of hydrogen-bond acceptors (Lipinski definition) is 5. The number of hydrogen-bond donors (Lipinski definition) is 2. The van der Waals surface area contributed by atoms with Crippen LogP contribution in [0.3, 0.4) is 0 Å².